The van der Waals surface area contributed by atoms with E-state index in [0.717, 1.165) is 50.5 Å². The van der Waals surface area contributed by atoms with Gasteiger partial charge in [-0.1, -0.05) is 0 Å². The van der Waals surface area contributed by atoms with Gasteiger partial charge in [-0.15, -0.1) is 0 Å². The first-order valence-corrected chi connectivity index (χ1v) is 12.3. The van der Waals surface area contributed by atoms with Gasteiger partial charge in [-0.05, 0) is 45.2 Å². The molecule has 2 N–H and O–H groups in total. The number of aromatic hydroxyl groups is 1. The number of anilines is 2. The summed E-state index contributed by atoms with van der Waals surface area (Å²) in [6.07, 6.45) is 0. The van der Waals surface area contributed by atoms with Gasteiger partial charge in [-0.3, -0.25) is 4.79 Å². The Morgan fingerprint density at radius 1 is 1.00 bits per heavy atom. The molecule has 0 spiro atoms. The van der Waals surface area contributed by atoms with Crippen LogP contribution in [0.1, 0.15) is 13.8 Å². The van der Waals surface area contributed by atoms with E-state index >= 15 is 0 Å². The van der Waals surface area contributed by atoms with Crippen molar-refractivity contribution in [1.82, 2.24) is 10.2 Å². The number of phenolic OH excluding ortho intramolecular Hbond substituents is 1. The first-order chi connectivity index (χ1) is 16.8. The smallest absolute Gasteiger partial charge is 0.197 e. The van der Waals surface area contributed by atoms with E-state index in [2.05, 4.69) is 53.0 Å². The molecule has 1 aromatic heterocycles. The van der Waals surface area contributed by atoms with E-state index in [-0.39, 0.29) is 28.6 Å². The average molecular weight is 479 g/mol. The molecule has 0 aliphatic carbocycles. The van der Waals surface area contributed by atoms with Crippen LogP contribution >= 0.6 is 0 Å². The van der Waals surface area contributed by atoms with Crippen LogP contribution in [-0.2, 0) is 0 Å². The fraction of sp³-hybridized carbons (Fsp3) is 0.444. The second-order valence-electron chi connectivity index (χ2n) is 9.84. The minimum Gasteiger partial charge on any atom is -0.507 e. The van der Waals surface area contributed by atoms with E-state index < -0.39 is 0 Å². The maximum atomic E-state index is 13.2. The van der Waals surface area contributed by atoms with Crippen molar-refractivity contribution in [2.45, 2.75) is 25.9 Å². The number of rotatable bonds is 4. The second kappa shape index (κ2) is 9.43. The zero-order chi connectivity index (χ0) is 24.7. The Labute approximate surface area is 205 Å². The van der Waals surface area contributed by atoms with Gasteiger partial charge in [0.15, 0.2) is 11.0 Å². The van der Waals surface area contributed by atoms with Crippen LogP contribution < -0.4 is 25.3 Å². The maximum absolute atomic E-state index is 13.2. The molecule has 0 bridgehead atoms. The third-order valence-corrected chi connectivity index (χ3v) is 7.03. The molecule has 0 amide bonds. The number of benzene rings is 2. The predicted octanol–water partition coefficient (Wildman–Crippen LogP) is 3.11. The normalized spacial score (nSPS) is 21.5. The molecular formula is C27H34N4O4. The van der Waals surface area contributed by atoms with Crippen molar-refractivity contribution in [1.29, 1.82) is 0 Å². The summed E-state index contributed by atoms with van der Waals surface area (Å²) < 4.78 is 12.0. The van der Waals surface area contributed by atoms with Crippen LogP contribution in [0.15, 0.2) is 45.6 Å². The molecule has 8 nitrogen and oxygen atoms in total. The van der Waals surface area contributed by atoms with E-state index in [1.165, 1.54) is 12.1 Å². The highest BCUT2D eigenvalue weighted by atomic mass is 16.5. The van der Waals surface area contributed by atoms with Gasteiger partial charge in [0.1, 0.15) is 28.3 Å². The van der Waals surface area contributed by atoms with Crippen molar-refractivity contribution in [2.24, 2.45) is 0 Å². The number of piperazine rings is 2. The number of hydrogen-bond acceptors (Lipinski definition) is 8. The quantitative estimate of drug-likeness (QED) is 0.592. The van der Waals surface area contributed by atoms with Gasteiger partial charge in [-0.25, -0.2) is 0 Å². The van der Waals surface area contributed by atoms with Crippen molar-refractivity contribution in [3.8, 4) is 22.8 Å². The number of methoxy groups -OCH3 is 1. The lowest BCUT2D eigenvalue weighted by Crippen LogP contribution is -2.54. The topological polar surface area (TPSA) is 81.4 Å². The monoisotopic (exact) mass is 478 g/mol. The predicted molar refractivity (Wildman–Crippen MR) is 140 cm³/mol. The minimum absolute atomic E-state index is 0.137. The van der Waals surface area contributed by atoms with E-state index in [0.29, 0.717) is 22.8 Å². The van der Waals surface area contributed by atoms with Crippen LogP contribution in [0.2, 0.25) is 0 Å². The second-order valence-corrected chi connectivity index (χ2v) is 9.84. The van der Waals surface area contributed by atoms with Gasteiger partial charge >= 0.3 is 0 Å². The van der Waals surface area contributed by atoms with Crippen LogP contribution in [0, 0.1) is 0 Å². The van der Waals surface area contributed by atoms with Crippen molar-refractivity contribution in [2.75, 3.05) is 63.2 Å². The molecule has 0 radical (unpaired) electrons. The standard InChI is InChI=1S/C27H34N4O4/c1-17-15-31(16-18(2)28-17)26-24(34-4)14-22(33)25-21(32)13-23(35-27(25)26)19-5-7-20(8-6-19)30-11-9-29(3)10-12-30/h5-8,13-14,17-18,28,33H,9-12,15-16H2,1-4H3. The summed E-state index contributed by atoms with van der Waals surface area (Å²) in [7, 11) is 3.71. The Morgan fingerprint density at radius 2 is 1.66 bits per heavy atom. The Kier molecular flexibility index (Phi) is 6.34. The van der Waals surface area contributed by atoms with Gasteiger partial charge in [-0.2, -0.15) is 0 Å². The van der Waals surface area contributed by atoms with Gasteiger partial charge in [0, 0.05) is 74.7 Å². The van der Waals surface area contributed by atoms with Crippen molar-refractivity contribution in [3.63, 3.8) is 0 Å². The molecule has 2 saturated heterocycles. The third kappa shape index (κ3) is 4.56. The van der Waals surface area contributed by atoms with Gasteiger partial charge < -0.3 is 34.3 Å². The number of nitrogens with one attached hydrogen (secondary N) is 1. The third-order valence-electron chi connectivity index (χ3n) is 7.03. The summed E-state index contributed by atoms with van der Waals surface area (Å²) in [5.74, 6) is 0.821. The van der Waals surface area contributed by atoms with Crippen LogP contribution in [0.4, 0.5) is 11.4 Å². The molecule has 3 aromatic rings. The fourth-order valence-electron chi connectivity index (χ4n) is 5.29. The number of nitrogens with zero attached hydrogens (tertiary/aromatic N) is 3. The van der Waals surface area contributed by atoms with Gasteiger partial charge in [0.05, 0.1) is 7.11 Å². The number of ether oxygens (including phenoxy) is 1. The summed E-state index contributed by atoms with van der Waals surface area (Å²) in [5, 5.41) is 14.4. The van der Waals surface area contributed by atoms with Gasteiger partial charge in [0.25, 0.3) is 0 Å². The lowest BCUT2D eigenvalue weighted by Gasteiger charge is -2.38. The largest absolute Gasteiger partial charge is 0.507 e. The zero-order valence-electron chi connectivity index (χ0n) is 20.9. The van der Waals surface area contributed by atoms with Crippen LogP contribution in [0.25, 0.3) is 22.3 Å². The Hall–Kier alpha value is -3.23. The Bertz CT molecular complexity index is 1250. The number of likely N-dealkylation sites (N-methyl/N-ethyl adjacent to an activating group) is 1. The van der Waals surface area contributed by atoms with E-state index in [1.54, 1.807) is 7.11 Å². The lowest BCUT2D eigenvalue weighted by molar-refractivity contribution is 0.313. The van der Waals surface area contributed by atoms with E-state index in [1.807, 2.05) is 12.1 Å². The number of phenols is 1. The minimum atomic E-state index is -0.276. The van der Waals surface area contributed by atoms with E-state index in [4.69, 9.17) is 9.15 Å². The molecule has 2 fully saturated rings. The average Bonchev–Trinajstić information content (AvgIpc) is 2.83. The summed E-state index contributed by atoms with van der Waals surface area (Å²) in [6, 6.07) is 11.6. The SMILES string of the molecule is COc1cc(O)c2c(=O)cc(-c3ccc(N4CCN(C)CC4)cc3)oc2c1N1CC(C)NC(C)C1. The highest BCUT2D eigenvalue weighted by Gasteiger charge is 2.28. The molecule has 2 aromatic carbocycles. The first-order valence-electron chi connectivity index (χ1n) is 12.3. The van der Waals surface area contributed by atoms with Crippen molar-refractivity contribution >= 4 is 22.3 Å². The molecule has 8 heteroatoms. The molecule has 0 saturated carbocycles. The number of hydrogen-bond donors (Lipinski definition) is 2. The Balaban J connectivity index is 1.58. The molecule has 5 rings (SSSR count). The summed E-state index contributed by atoms with van der Waals surface area (Å²) in [4.78, 5) is 20.1. The van der Waals surface area contributed by atoms with Gasteiger partial charge in [0.2, 0.25) is 0 Å². The summed E-state index contributed by atoms with van der Waals surface area (Å²) >= 11 is 0. The van der Waals surface area contributed by atoms with E-state index in [9.17, 15) is 9.90 Å². The molecule has 2 atom stereocenters. The van der Waals surface area contributed by atoms with Crippen LogP contribution in [0.5, 0.6) is 11.5 Å². The molecule has 2 unspecified atom stereocenters. The summed E-state index contributed by atoms with van der Waals surface area (Å²) in [5.41, 5.74) is 2.76. The lowest BCUT2D eigenvalue weighted by atomic mass is 10.1. The molecular weight excluding hydrogens is 444 g/mol. The molecule has 2 aliphatic rings. The molecule has 2 aliphatic heterocycles. The highest BCUT2D eigenvalue weighted by molar-refractivity contribution is 5.97. The first kappa shape index (κ1) is 23.5. The highest BCUT2D eigenvalue weighted by Crippen LogP contribution is 2.42. The molecule has 186 valence electrons. The zero-order valence-corrected chi connectivity index (χ0v) is 20.9. The maximum Gasteiger partial charge on any atom is 0.197 e. The summed E-state index contributed by atoms with van der Waals surface area (Å²) in [6.45, 7) is 9.78. The van der Waals surface area contributed by atoms with Crippen molar-refractivity contribution in [3.05, 3.63) is 46.6 Å². The Morgan fingerprint density at radius 3 is 2.29 bits per heavy atom. The van der Waals surface area contributed by atoms with Crippen molar-refractivity contribution < 1.29 is 14.3 Å². The fourth-order valence-corrected chi connectivity index (χ4v) is 5.29. The molecule has 35 heavy (non-hydrogen) atoms. The van der Waals surface area contributed by atoms with Crippen LogP contribution in [0.3, 0.4) is 0 Å². The molecule has 3 heterocycles. The van der Waals surface area contributed by atoms with Crippen LogP contribution in [-0.4, -0.2) is 75.5 Å². The number of fused-ring (bicyclic) bond motifs is 1.